The molecule has 0 unspecified atom stereocenters. The molecule has 16 heteroatoms. The lowest BCUT2D eigenvalue weighted by atomic mass is 9.44. The summed E-state index contributed by atoms with van der Waals surface area (Å²) in [7, 11) is 0. The van der Waals surface area contributed by atoms with Crippen LogP contribution < -0.4 is 0 Å². The lowest BCUT2D eigenvalue weighted by Crippen LogP contribution is -2.64. The highest BCUT2D eigenvalue weighted by molar-refractivity contribution is 5.15. The van der Waals surface area contributed by atoms with Gasteiger partial charge >= 0.3 is 0 Å². The number of hydrogen-bond donors (Lipinski definition) is 8. The van der Waals surface area contributed by atoms with E-state index < -0.39 is 98.4 Å². The summed E-state index contributed by atoms with van der Waals surface area (Å²) in [5.41, 5.74) is 0.429. The van der Waals surface area contributed by atoms with E-state index in [1.807, 2.05) is 0 Å². The van der Waals surface area contributed by atoms with Crippen molar-refractivity contribution in [3.8, 4) is 0 Å². The number of aliphatic hydroxyl groups excluding tert-OH is 8. The zero-order valence-corrected chi connectivity index (χ0v) is 35.8. The van der Waals surface area contributed by atoms with Gasteiger partial charge in [0, 0.05) is 12.3 Å². The maximum absolute atomic E-state index is 11.3. The van der Waals surface area contributed by atoms with Gasteiger partial charge in [-0.1, -0.05) is 27.7 Å². The van der Waals surface area contributed by atoms with E-state index in [0.717, 1.165) is 45.1 Å². The fraction of sp³-hybridized carbons (Fsp3) is 1.00. The van der Waals surface area contributed by atoms with Gasteiger partial charge in [-0.05, 0) is 111 Å². The topological polar surface area (TPSA) is 236 Å². The second kappa shape index (κ2) is 16.7. The monoisotopic (exact) mass is 856 g/mol. The molecule has 16 nitrogen and oxygen atoms in total. The highest BCUT2D eigenvalue weighted by Crippen LogP contribution is 2.71. The van der Waals surface area contributed by atoms with Gasteiger partial charge < -0.3 is 78.7 Å². The van der Waals surface area contributed by atoms with Gasteiger partial charge in [-0.15, -0.1) is 0 Å². The summed E-state index contributed by atoms with van der Waals surface area (Å²) in [4.78, 5) is 0. The van der Waals surface area contributed by atoms with Gasteiger partial charge in [-0.25, -0.2) is 0 Å². The number of aliphatic hydroxyl groups is 8. The van der Waals surface area contributed by atoms with E-state index in [2.05, 4.69) is 27.7 Å². The minimum Gasteiger partial charge on any atom is -0.394 e. The van der Waals surface area contributed by atoms with Crippen LogP contribution in [0.5, 0.6) is 0 Å². The molecule has 4 aliphatic carbocycles. The predicted molar refractivity (Wildman–Crippen MR) is 208 cm³/mol. The van der Waals surface area contributed by atoms with Crippen LogP contribution >= 0.6 is 0 Å². The van der Waals surface area contributed by atoms with Gasteiger partial charge in [0.25, 0.3) is 0 Å². The molecule has 9 aliphatic rings. The van der Waals surface area contributed by atoms with Crippen molar-refractivity contribution in [2.75, 3.05) is 19.8 Å². The summed E-state index contributed by atoms with van der Waals surface area (Å²) >= 11 is 0. The Labute approximate surface area is 353 Å². The third-order valence-electron chi connectivity index (χ3n) is 17.9. The Balaban J connectivity index is 0.825. The summed E-state index contributed by atoms with van der Waals surface area (Å²) in [6.45, 7) is 11.2. The number of rotatable bonds is 7. The van der Waals surface area contributed by atoms with Gasteiger partial charge in [0.1, 0.15) is 61.0 Å². The Bertz CT molecular complexity index is 1500. The molecule has 60 heavy (non-hydrogen) atoms. The van der Waals surface area contributed by atoms with Crippen molar-refractivity contribution in [3.63, 3.8) is 0 Å². The average Bonchev–Trinajstić information content (AvgIpc) is 3.68. The second-order valence-corrected chi connectivity index (χ2v) is 21.1. The zero-order valence-electron chi connectivity index (χ0n) is 35.8. The van der Waals surface area contributed by atoms with E-state index in [4.69, 9.17) is 37.9 Å². The lowest BCUT2D eigenvalue weighted by molar-refractivity contribution is -0.373. The SMILES string of the molecule is C[C@H]1CC[C@@]2(OC1)O[C@H]1C[C@@H]3[C@@H]4CC[C@@H]5C[C@H](O[C@@H]6O[C@@H](C)[C@@H](O)[C@@H](O)[C@H]6O[C@@H]6OC[C@H](O[C@@H]7O[C@H](CO)[C@@H](O)[C@H](O)[C@H]7O)[C@H](O)[C@H]6O)CC[C@@]5(C)[C@H]4CC[C@@]3(C)[C@H]1[C@@H]2C. The third-order valence-corrected chi connectivity index (χ3v) is 17.9. The maximum Gasteiger partial charge on any atom is 0.187 e. The second-order valence-electron chi connectivity index (χ2n) is 21.1. The fourth-order valence-electron chi connectivity index (χ4n) is 14.3. The van der Waals surface area contributed by atoms with Crippen molar-refractivity contribution in [1.29, 1.82) is 0 Å². The van der Waals surface area contributed by atoms with Crippen LogP contribution in [0.1, 0.15) is 98.8 Å². The molecule has 344 valence electrons. The van der Waals surface area contributed by atoms with Gasteiger partial charge in [-0.3, -0.25) is 0 Å². The van der Waals surface area contributed by atoms with Crippen molar-refractivity contribution < 1.29 is 78.7 Å². The molecule has 0 radical (unpaired) electrons. The zero-order chi connectivity index (χ0) is 42.6. The molecule has 5 saturated heterocycles. The van der Waals surface area contributed by atoms with Crippen LogP contribution in [0.3, 0.4) is 0 Å². The molecular weight excluding hydrogens is 784 g/mol. The van der Waals surface area contributed by atoms with Crippen LogP contribution in [0.25, 0.3) is 0 Å². The molecule has 0 amide bonds. The van der Waals surface area contributed by atoms with Gasteiger partial charge in [0.2, 0.25) is 0 Å². The molecule has 0 bridgehead atoms. The maximum atomic E-state index is 11.3. The summed E-state index contributed by atoms with van der Waals surface area (Å²) in [5.74, 6) is 3.51. The minimum absolute atomic E-state index is 0.175. The molecule has 9 rings (SSSR count). The summed E-state index contributed by atoms with van der Waals surface area (Å²) in [6, 6.07) is 0. The number of fused-ring (bicyclic) bond motifs is 7. The Morgan fingerprint density at radius 3 is 2.12 bits per heavy atom. The van der Waals surface area contributed by atoms with E-state index in [1.165, 1.54) is 25.7 Å². The normalized spacial score (nSPS) is 59.2. The minimum atomic E-state index is -1.72. The Morgan fingerprint density at radius 2 is 1.38 bits per heavy atom. The van der Waals surface area contributed by atoms with E-state index >= 15 is 0 Å². The fourth-order valence-corrected chi connectivity index (χ4v) is 14.3. The third kappa shape index (κ3) is 7.27. The summed E-state index contributed by atoms with van der Waals surface area (Å²) in [5, 5.41) is 84.6. The first kappa shape index (κ1) is 44.6. The molecule has 4 saturated carbocycles. The van der Waals surface area contributed by atoms with Crippen molar-refractivity contribution in [2.24, 2.45) is 52.3 Å². The first-order valence-electron chi connectivity index (χ1n) is 23.1. The van der Waals surface area contributed by atoms with Crippen LogP contribution in [0.15, 0.2) is 0 Å². The molecular formula is C44H72O16. The highest BCUT2D eigenvalue weighted by Gasteiger charge is 2.69. The smallest absolute Gasteiger partial charge is 0.187 e. The first-order valence-corrected chi connectivity index (χ1v) is 23.1. The highest BCUT2D eigenvalue weighted by atomic mass is 16.8. The molecule has 0 aromatic rings. The summed E-state index contributed by atoms with van der Waals surface area (Å²) < 4.78 is 49.3. The molecule has 5 heterocycles. The van der Waals surface area contributed by atoms with Gasteiger partial charge in [-0.2, -0.15) is 0 Å². The van der Waals surface area contributed by atoms with Crippen LogP contribution in [-0.4, -0.2) is 165 Å². The molecule has 0 aromatic carbocycles. The van der Waals surface area contributed by atoms with Gasteiger partial charge in [0.05, 0.1) is 38.1 Å². The summed E-state index contributed by atoms with van der Waals surface area (Å²) in [6.07, 6.45) is -9.06. The van der Waals surface area contributed by atoms with Crippen molar-refractivity contribution in [2.45, 2.75) is 203 Å². The molecule has 8 N–H and O–H groups in total. The van der Waals surface area contributed by atoms with Crippen LogP contribution in [0.2, 0.25) is 0 Å². The van der Waals surface area contributed by atoms with Crippen LogP contribution in [0.4, 0.5) is 0 Å². The number of ether oxygens (including phenoxy) is 8. The molecule has 5 aliphatic heterocycles. The molecule has 1 spiro atoms. The Morgan fingerprint density at radius 1 is 0.633 bits per heavy atom. The molecule has 26 atom stereocenters. The van der Waals surface area contributed by atoms with Crippen molar-refractivity contribution in [3.05, 3.63) is 0 Å². The van der Waals surface area contributed by atoms with E-state index in [-0.39, 0.29) is 29.6 Å². The van der Waals surface area contributed by atoms with Gasteiger partial charge in [0.15, 0.2) is 24.7 Å². The van der Waals surface area contributed by atoms with Crippen LogP contribution in [0, 0.1) is 52.3 Å². The Kier molecular flexibility index (Phi) is 12.4. The standard InChI is InChI=1S/C44H72O16/c1-19-8-13-44(54-17-19)20(2)30-27(60-44)15-26-24-7-6-22-14-23(9-11-42(22,4)25(24)10-12-43(26,30)5)56-41-38(35(50)31(46)21(3)55-41)59-39-36(51)33(48)29(18-53-39)58-40-37(52)34(49)32(47)28(16-45)57-40/h19-41,45-52H,6-18H2,1-5H3/t19-,20-,21-,22+,23+,24+,25-,26+,27-,28+,29-,30-,31+,32+,33-,34-,35+,36+,37+,38+,39-,40-,41-,42+,43+,44+/m0/s1. The van der Waals surface area contributed by atoms with Crippen molar-refractivity contribution >= 4 is 0 Å². The van der Waals surface area contributed by atoms with E-state index in [1.54, 1.807) is 6.92 Å². The lowest BCUT2D eigenvalue weighted by Gasteiger charge is -2.61. The quantitative estimate of drug-likeness (QED) is 0.166. The first-order chi connectivity index (χ1) is 28.5. The average molecular weight is 857 g/mol. The predicted octanol–water partition coefficient (Wildman–Crippen LogP) is 0.933. The number of hydrogen-bond acceptors (Lipinski definition) is 16. The van der Waals surface area contributed by atoms with E-state index in [0.29, 0.717) is 41.4 Å². The van der Waals surface area contributed by atoms with Crippen molar-refractivity contribution in [1.82, 2.24) is 0 Å². The Hall–Kier alpha value is -0.640. The molecule has 0 aromatic heterocycles. The largest absolute Gasteiger partial charge is 0.394 e. The van der Waals surface area contributed by atoms with Crippen LogP contribution in [-0.2, 0) is 37.9 Å². The van der Waals surface area contributed by atoms with E-state index in [9.17, 15) is 40.9 Å². The molecule has 9 fully saturated rings.